The first-order valence-electron chi connectivity index (χ1n) is 5.21. The normalized spacial score (nSPS) is 13.0. The smallest absolute Gasteiger partial charge is 0.0480 e. The van der Waals surface area contributed by atoms with Gasteiger partial charge in [0.25, 0.3) is 0 Å². The van der Waals surface area contributed by atoms with Gasteiger partial charge in [-0.25, -0.2) is 0 Å². The van der Waals surface area contributed by atoms with Gasteiger partial charge in [-0.15, -0.1) is 0 Å². The number of hydrogen-bond donors (Lipinski definition) is 0. The van der Waals surface area contributed by atoms with E-state index in [9.17, 15) is 0 Å². The van der Waals surface area contributed by atoms with Crippen LogP contribution in [0.1, 0.15) is 12.5 Å². The molecule has 0 bridgehead atoms. The second kappa shape index (κ2) is 4.60. The molecule has 0 aliphatic heterocycles. The summed E-state index contributed by atoms with van der Waals surface area (Å²) in [6.07, 6.45) is 2.39. The fourth-order valence-corrected chi connectivity index (χ4v) is 2.20. The zero-order chi connectivity index (χ0) is 10.6. The van der Waals surface area contributed by atoms with Gasteiger partial charge in [0.15, 0.2) is 0 Å². The minimum absolute atomic E-state index is 0.929. The zero-order valence-corrected chi connectivity index (χ0v) is 10.7. The van der Waals surface area contributed by atoms with Crippen molar-refractivity contribution in [1.29, 1.82) is 0 Å². The van der Waals surface area contributed by atoms with Crippen molar-refractivity contribution < 1.29 is 0 Å². The van der Waals surface area contributed by atoms with Crippen molar-refractivity contribution in [3.05, 3.63) is 42.0 Å². The summed E-state index contributed by atoms with van der Waals surface area (Å²) in [5, 5.41) is 0. The van der Waals surface area contributed by atoms with Gasteiger partial charge in [-0.1, -0.05) is 56.0 Å². The van der Waals surface area contributed by atoms with E-state index in [1.165, 1.54) is 17.2 Å². The largest absolute Gasteiger partial charge is 0.0837 e. The fraction of sp³-hybridized carbons (Fsp3) is 0.385. The number of benzene rings is 1. The van der Waals surface area contributed by atoms with Gasteiger partial charge in [0.05, 0.1) is 0 Å². The van der Waals surface area contributed by atoms with Gasteiger partial charge in [0.2, 0.25) is 0 Å². The molecule has 14 heavy (non-hydrogen) atoms. The Bertz CT molecular complexity index is 304. The number of allylic oxidation sites excluding steroid dienone is 2. The van der Waals surface area contributed by atoms with Crippen LogP contribution in [0.25, 0.3) is 5.57 Å². The summed E-state index contributed by atoms with van der Waals surface area (Å²) in [7, 11) is -0.929. The van der Waals surface area contributed by atoms with Crippen molar-refractivity contribution in [1.82, 2.24) is 0 Å². The number of rotatable bonds is 3. The number of hydrogen-bond acceptors (Lipinski definition) is 0. The van der Waals surface area contributed by atoms with Crippen LogP contribution in [0.3, 0.4) is 0 Å². The predicted octanol–water partition coefficient (Wildman–Crippen LogP) is 4.43. The van der Waals surface area contributed by atoms with Gasteiger partial charge in [-0.05, 0) is 24.1 Å². The second-order valence-corrected chi connectivity index (χ2v) is 10.5. The van der Waals surface area contributed by atoms with Gasteiger partial charge < -0.3 is 0 Å². The van der Waals surface area contributed by atoms with Gasteiger partial charge in [0, 0.05) is 8.07 Å². The molecule has 0 saturated carbocycles. The quantitative estimate of drug-likeness (QED) is 0.639. The third-order valence-corrected chi connectivity index (χ3v) is 3.68. The standard InChI is InChI=1S/C13H20Si/c1-12(10-11-14(2,3)4)13-8-6-5-7-9-13/h5-10H,11H2,1-4H3/b12-10-. The van der Waals surface area contributed by atoms with Gasteiger partial charge in [0.1, 0.15) is 0 Å². The van der Waals surface area contributed by atoms with E-state index in [2.05, 4.69) is 63.0 Å². The van der Waals surface area contributed by atoms with E-state index in [4.69, 9.17) is 0 Å². The molecule has 0 atom stereocenters. The van der Waals surface area contributed by atoms with E-state index in [1.54, 1.807) is 0 Å². The Hall–Kier alpha value is -0.823. The van der Waals surface area contributed by atoms with E-state index in [0.717, 1.165) is 0 Å². The Morgan fingerprint density at radius 1 is 1.14 bits per heavy atom. The topological polar surface area (TPSA) is 0 Å². The van der Waals surface area contributed by atoms with E-state index in [0.29, 0.717) is 0 Å². The monoisotopic (exact) mass is 204 g/mol. The molecule has 0 heterocycles. The minimum atomic E-state index is -0.929. The van der Waals surface area contributed by atoms with Crippen LogP contribution in [0.2, 0.25) is 25.7 Å². The molecule has 1 rings (SSSR count). The SMILES string of the molecule is C/C(=C/C[Si](C)(C)C)c1ccccc1. The zero-order valence-electron chi connectivity index (χ0n) is 9.67. The molecular formula is C13H20Si. The maximum Gasteiger partial charge on any atom is 0.0480 e. The van der Waals surface area contributed by atoms with Crippen LogP contribution in [-0.2, 0) is 0 Å². The summed E-state index contributed by atoms with van der Waals surface area (Å²) in [5.74, 6) is 0. The molecule has 0 aromatic heterocycles. The molecule has 0 unspecified atom stereocenters. The molecule has 0 N–H and O–H groups in total. The molecule has 76 valence electrons. The van der Waals surface area contributed by atoms with E-state index < -0.39 is 8.07 Å². The highest BCUT2D eigenvalue weighted by molar-refractivity contribution is 6.76. The Labute approximate surface area is 88.7 Å². The van der Waals surface area contributed by atoms with Crippen LogP contribution >= 0.6 is 0 Å². The van der Waals surface area contributed by atoms with Gasteiger partial charge in [-0.2, -0.15) is 0 Å². The molecule has 0 spiro atoms. The molecule has 0 saturated heterocycles. The Morgan fingerprint density at radius 3 is 2.21 bits per heavy atom. The minimum Gasteiger partial charge on any atom is -0.0837 e. The highest BCUT2D eigenvalue weighted by atomic mass is 28.3. The lowest BCUT2D eigenvalue weighted by atomic mass is 10.1. The first-order valence-corrected chi connectivity index (χ1v) is 8.92. The predicted molar refractivity (Wildman–Crippen MR) is 68.2 cm³/mol. The van der Waals surface area contributed by atoms with Gasteiger partial charge in [-0.3, -0.25) is 0 Å². The van der Waals surface area contributed by atoms with Crippen LogP contribution in [0.4, 0.5) is 0 Å². The molecular weight excluding hydrogens is 184 g/mol. The summed E-state index contributed by atoms with van der Waals surface area (Å²) >= 11 is 0. The Kier molecular flexibility index (Phi) is 3.70. The second-order valence-electron chi connectivity index (χ2n) is 5.02. The molecule has 0 aliphatic carbocycles. The molecule has 0 radical (unpaired) electrons. The van der Waals surface area contributed by atoms with E-state index in [-0.39, 0.29) is 0 Å². The van der Waals surface area contributed by atoms with Crippen molar-refractivity contribution in [2.45, 2.75) is 32.6 Å². The maximum atomic E-state index is 2.40. The Morgan fingerprint density at radius 2 is 1.71 bits per heavy atom. The van der Waals surface area contributed by atoms with E-state index in [1.807, 2.05) is 0 Å². The molecule has 1 aromatic rings. The van der Waals surface area contributed by atoms with Crippen LogP contribution in [0.15, 0.2) is 36.4 Å². The van der Waals surface area contributed by atoms with Crippen LogP contribution < -0.4 is 0 Å². The van der Waals surface area contributed by atoms with Gasteiger partial charge >= 0.3 is 0 Å². The summed E-state index contributed by atoms with van der Waals surface area (Å²) < 4.78 is 0. The van der Waals surface area contributed by atoms with Crippen molar-refractivity contribution in [3.63, 3.8) is 0 Å². The average Bonchev–Trinajstić information content (AvgIpc) is 2.14. The Balaban J connectivity index is 2.71. The highest BCUT2D eigenvalue weighted by Crippen LogP contribution is 2.17. The van der Waals surface area contributed by atoms with Crippen molar-refractivity contribution in [3.8, 4) is 0 Å². The molecule has 0 nitrogen and oxygen atoms in total. The van der Waals surface area contributed by atoms with Crippen molar-refractivity contribution >= 4 is 13.6 Å². The van der Waals surface area contributed by atoms with Crippen LogP contribution in [0, 0.1) is 0 Å². The average molecular weight is 204 g/mol. The van der Waals surface area contributed by atoms with Crippen LogP contribution in [-0.4, -0.2) is 8.07 Å². The third kappa shape index (κ3) is 3.92. The molecule has 0 fully saturated rings. The molecule has 1 heteroatoms. The lowest BCUT2D eigenvalue weighted by Gasteiger charge is -2.13. The maximum absolute atomic E-state index is 2.40. The fourth-order valence-electron chi connectivity index (χ4n) is 1.28. The first-order chi connectivity index (χ1) is 6.49. The summed E-state index contributed by atoms with van der Waals surface area (Å²) in [5.41, 5.74) is 2.76. The first kappa shape index (κ1) is 11.3. The van der Waals surface area contributed by atoms with E-state index >= 15 is 0 Å². The molecule has 0 aliphatic rings. The lowest BCUT2D eigenvalue weighted by molar-refractivity contribution is 1.47. The van der Waals surface area contributed by atoms with Crippen LogP contribution in [0.5, 0.6) is 0 Å². The lowest BCUT2D eigenvalue weighted by Crippen LogP contribution is -2.17. The molecule has 0 amide bonds. The summed E-state index contributed by atoms with van der Waals surface area (Å²) in [6.45, 7) is 9.42. The highest BCUT2D eigenvalue weighted by Gasteiger charge is 2.10. The summed E-state index contributed by atoms with van der Waals surface area (Å²) in [4.78, 5) is 0. The van der Waals surface area contributed by atoms with Crippen molar-refractivity contribution in [2.24, 2.45) is 0 Å². The van der Waals surface area contributed by atoms with Crippen molar-refractivity contribution in [2.75, 3.05) is 0 Å². The third-order valence-electron chi connectivity index (χ3n) is 2.25. The summed E-state index contributed by atoms with van der Waals surface area (Å²) in [6, 6.07) is 11.9. The molecule has 1 aromatic carbocycles.